The van der Waals surface area contributed by atoms with Gasteiger partial charge in [-0.15, -0.1) is 11.3 Å². The monoisotopic (exact) mass is 246 g/mol. The maximum Gasteiger partial charge on any atom is 0.121 e. The largest absolute Gasteiger partial charge is 0.494 e. The molecule has 1 heterocycles. The summed E-state index contributed by atoms with van der Waals surface area (Å²) in [6.45, 7) is 2.58. The van der Waals surface area contributed by atoms with Crippen molar-refractivity contribution < 1.29 is 4.74 Å². The molecule has 0 N–H and O–H groups in total. The van der Waals surface area contributed by atoms with Crippen molar-refractivity contribution in [3.63, 3.8) is 0 Å². The molecule has 0 bridgehead atoms. The highest BCUT2D eigenvalue weighted by atomic mass is 35.5. The first kappa shape index (κ1) is 10.1. The molecule has 1 aromatic heterocycles. The second-order valence-corrected chi connectivity index (χ2v) is 4.90. The minimum atomic E-state index is 0.639. The molecule has 0 fully saturated rings. The molecule has 0 spiro atoms. The van der Waals surface area contributed by atoms with Crippen LogP contribution in [0.1, 0.15) is 6.92 Å². The van der Waals surface area contributed by atoms with Gasteiger partial charge in [0.2, 0.25) is 0 Å². The number of thiophene rings is 1. The van der Waals surface area contributed by atoms with Crippen LogP contribution in [0.2, 0.25) is 9.36 Å². The molecular formula is C10H8Cl2OS. The van der Waals surface area contributed by atoms with Crippen molar-refractivity contribution in [1.82, 2.24) is 0 Å². The van der Waals surface area contributed by atoms with Gasteiger partial charge in [0.25, 0.3) is 0 Å². The van der Waals surface area contributed by atoms with Gasteiger partial charge >= 0.3 is 0 Å². The van der Waals surface area contributed by atoms with E-state index in [1.807, 2.05) is 25.1 Å². The fourth-order valence-electron chi connectivity index (χ4n) is 1.30. The van der Waals surface area contributed by atoms with Crippen LogP contribution < -0.4 is 4.74 Å². The van der Waals surface area contributed by atoms with Crippen LogP contribution in [0.15, 0.2) is 18.2 Å². The van der Waals surface area contributed by atoms with Crippen molar-refractivity contribution in [3.8, 4) is 5.75 Å². The Labute approximate surface area is 96.2 Å². The molecule has 0 saturated carbocycles. The summed E-state index contributed by atoms with van der Waals surface area (Å²) >= 11 is 13.5. The van der Waals surface area contributed by atoms with Crippen LogP contribution in [0.4, 0.5) is 0 Å². The topological polar surface area (TPSA) is 9.23 Å². The van der Waals surface area contributed by atoms with E-state index in [2.05, 4.69) is 0 Å². The van der Waals surface area contributed by atoms with Gasteiger partial charge in [-0.1, -0.05) is 23.2 Å². The maximum absolute atomic E-state index is 6.08. The number of benzene rings is 1. The summed E-state index contributed by atoms with van der Waals surface area (Å²) < 4.78 is 7.14. The van der Waals surface area contributed by atoms with E-state index >= 15 is 0 Å². The van der Waals surface area contributed by atoms with Gasteiger partial charge in [0.1, 0.15) is 5.75 Å². The average molecular weight is 247 g/mol. The average Bonchev–Trinajstić information content (AvgIpc) is 2.47. The molecule has 2 rings (SSSR count). The van der Waals surface area contributed by atoms with Gasteiger partial charge in [-0.05, 0) is 24.4 Å². The van der Waals surface area contributed by atoms with Crippen molar-refractivity contribution in [3.05, 3.63) is 27.6 Å². The van der Waals surface area contributed by atoms with Crippen LogP contribution in [-0.4, -0.2) is 6.61 Å². The van der Waals surface area contributed by atoms with E-state index in [-0.39, 0.29) is 0 Å². The minimum absolute atomic E-state index is 0.639. The molecule has 0 saturated heterocycles. The number of fused-ring (bicyclic) bond motifs is 1. The molecule has 0 aliphatic carbocycles. The van der Waals surface area contributed by atoms with Crippen molar-refractivity contribution in [2.24, 2.45) is 0 Å². The Balaban J connectivity index is 2.59. The van der Waals surface area contributed by atoms with Gasteiger partial charge in [0, 0.05) is 6.07 Å². The van der Waals surface area contributed by atoms with Crippen molar-refractivity contribution >= 4 is 44.6 Å². The quantitative estimate of drug-likeness (QED) is 0.753. The smallest absolute Gasteiger partial charge is 0.121 e. The standard InChI is InChI=1S/C10H8Cl2OS/c1-2-13-7-3-6-4-9(12)14-10(6)8(11)5-7/h3-5H,2H2,1H3. The third-order valence-corrected chi connectivity index (χ3v) is 3.55. The maximum atomic E-state index is 6.08. The first-order valence-electron chi connectivity index (χ1n) is 4.22. The number of halogens is 2. The van der Waals surface area contributed by atoms with E-state index in [4.69, 9.17) is 27.9 Å². The van der Waals surface area contributed by atoms with Crippen molar-refractivity contribution in [2.45, 2.75) is 6.92 Å². The molecule has 0 aliphatic rings. The Hall–Kier alpha value is -0.440. The van der Waals surface area contributed by atoms with Crippen LogP contribution in [0.25, 0.3) is 10.1 Å². The summed E-state index contributed by atoms with van der Waals surface area (Å²) in [7, 11) is 0. The van der Waals surface area contributed by atoms with E-state index in [9.17, 15) is 0 Å². The zero-order chi connectivity index (χ0) is 10.1. The SMILES string of the molecule is CCOc1cc(Cl)c2sc(Cl)cc2c1. The first-order chi connectivity index (χ1) is 6.70. The lowest BCUT2D eigenvalue weighted by molar-refractivity contribution is 0.341. The van der Waals surface area contributed by atoms with Crippen LogP contribution in [0.5, 0.6) is 5.75 Å². The van der Waals surface area contributed by atoms with Crippen LogP contribution in [-0.2, 0) is 0 Å². The highest BCUT2D eigenvalue weighted by Gasteiger charge is 2.06. The highest BCUT2D eigenvalue weighted by molar-refractivity contribution is 7.23. The Bertz CT molecular complexity index is 464. The molecule has 2 aromatic rings. The molecule has 0 unspecified atom stereocenters. The molecule has 0 aliphatic heterocycles. The van der Waals surface area contributed by atoms with Crippen LogP contribution in [0, 0.1) is 0 Å². The lowest BCUT2D eigenvalue weighted by Crippen LogP contribution is -1.90. The van der Waals surface area contributed by atoms with Crippen LogP contribution >= 0.6 is 34.5 Å². The molecule has 0 atom stereocenters. The van der Waals surface area contributed by atoms with Gasteiger partial charge in [0.15, 0.2) is 0 Å². The molecule has 4 heteroatoms. The number of hydrogen-bond donors (Lipinski definition) is 0. The summed E-state index contributed by atoms with van der Waals surface area (Å²) in [5.41, 5.74) is 0. The summed E-state index contributed by atoms with van der Waals surface area (Å²) in [5.74, 6) is 0.791. The third-order valence-electron chi connectivity index (χ3n) is 1.83. The second kappa shape index (κ2) is 3.97. The number of hydrogen-bond acceptors (Lipinski definition) is 2. The molecule has 74 valence electrons. The highest BCUT2D eigenvalue weighted by Crippen LogP contribution is 2.37. The molecular weight excluding hydrogens is 239 g/mol. The predicted molar refractivity (Wildman–Crippen MR) is 63.0 cm³/mol. The molecule has 0 amide bonds. The molecule has 0 radical (unpaired) electrons. The molecule has 1 nitrogen and oxygen atoms in total. The van der Waals surface area contributed by atoms with Gasteiger partial charge in [-0.25, -0.2) is 0 Å². The lowest BCUT2D eigenvalue weighted by atomic mass is 10.2. The Morgan fingerprint density at radius 2 is 2.07 bits per heavy atom. The summed E-state index contributed by atoms with van der Waals surface area (Å²) in [5, 5.41) is 1.74. The Kier molecular flexibility index (Phi) is 2.86. The third kappa shape index (κ3) is 1.83. The van der Waals surface area contributed by atoms with E-state index in [1.54, 1.807) is 0 Å². The predicted octanol–water partition coefficient (Wildman–Crippen LogP) is 4.61. The molecule has 14 heavy (non-hydrogen) atoms. The number of rotatable bonds is 2. The fourth-order valence-corrected chi connectivity index (χ4v) is 2.76. The number of ether oxygens (including phenoxy) is 1. The van der Waals surface area contributed by atoms with Gasteiger partial charge in [0.05, 0.1) is 20.7 Å². The zero-order valence-corrected chi connectivity index (χ0v) is 9.84. The Morgan fingerprint density at radius 1 is 1.29 bits per heavy atom. The van der Waals surface area contributed by atoms with Crippen molar-refractivity contribution in [1.29, 1.82) is 0 Å². The summed E-state index contributed by atoms with van der Waals surface area (Å²) in [6, 6.07) is 5.67. The zero-order valence-electron chi connectivity index (χ0n) is 7.51. The normalized spacial score (nSPS) is 10.8. The van der Waals surface area contributed by atoms with Crippen molar-refractivity contribution in [2.75, 3.05) is 6.61 Å². The van der Waals surface area contributed by atoms with Gasteiger partial charge in [-0.2, -0.15) is 0 Å². The second-order valence-electron chi connectivity index (χ2n) is 2.81. The van der Waals surface area contributed by atoms with Gasteiger partial charge in [-0.3, -0.25) is 0 Å². The fraction of sp³-hybridized carbons (Fsp3) is 0.200. The van der Waals surface area contributed by atoms with E-state index in [0.717, 1.165) is 20.2 Å². The van der Waals surface area contributed by atoms with E-state index in [1.165, 1.54) is 11.3 Å². The Morgan fingerprint density at radius 3 is 2.79 bits per heavy atom. The van der Waals surface area contributed by atoms with Gasteiger partial charge < -0.3 is 4.74 Å². The lowest BCUT2D eigenvalue weighted by Gasteiger charge is -2.03. The summed E-state index contributed by atoms with van der Waals surface area (Å²) in [4.78, 5) is 0. The first-order valence-corrected chi connectivity index (χ1v) is 5.79. The van der Waals surface area contributed by atoms with Crippen LogP contribution in [0.3, 0.4) is 0 Å². The van der Waals surface area contributed by atoms with E-state index in [0.29, 0.717) is 11.6 Å². The van der Waals surface area contributed by atoms with E-state index < -0.39 is 0 Å². The molecule has 1 aromatic carbocycles. The minimum Gasteiger partial charge on any atom is -0.494 e. The summed E-state index contributed by atoms with van der Waals surface area (Å²) in [6.07, 6.45) is 0.